The molecule has 2 unspecified atom stereocenters. The first-order valence-electron chi connectivity index (χ1n) is 8.28. The average molecular weight is 307 g/mol. The van der Waals surface area contributed by atoms with Crippen LogP contribution < -0.4 is 9.47 Å². The van der Waals surface area contributed by atoms with Gasteiger partial charge in [-0.3, -0.25) is 4.90 Å². The molecule has 0 amide bonds. The SMILES string of the molecule is COc1ccc(OC)c(CCC(C(C)O)N2CCCCC2)c1. The standard InChI is InChI=1S/C18H29NO3/c1-14(20)17(19-11-5-4-6-12-19)9-7-15-13-16(21-2)8-10-18(15)22-3/h8,10,13-14,17,20H,4-7,9,11-12H2,1-3H3. The van der Waals surface area contributed by atoms with Gasteiger partial charge in [0.2, 0.25) is 0 Å². The van der Waals surface area contributed by atoms with Crippen LogP contribution in [-0.2, 0) is 6.42 Å². The summed E-state index contributed by atoms with van der Waals surface area (Å²) in [6.45, 7) is 4.11. The summed E-state index contributed by atoms with van der Waals surface area (Å²) in [4.78, 5) is 2.45. The first kappa shape index (κ1) is 17.1. The van der Waals surface area contributed by atoms with E-state index in [1.165, 1.54) is 19.3 Å². The van der Waals surface area contributed by atoms with Crippen molar-refractivity contribution >= 4 is 0 Å². The Morgan fingerprint density at radius 2 is 1.86 bits per heavy atom. The van der Waals surface area contributed by atoms with Gasteiger partial charge in [-0.05, 0) is 69.5 Å². The predicted octanol–water partition coefficient (Wildman–Crippen LogP) is 2.87. The molecule has 0 aliphatic carbocycles. The predicted molar refractivity (Wildman–Crippen MR) is 88.8 cm³/mol. The molecule has 4 nitrogen and oxygen atoms in total. The summed E-state index contributed by atoms with van der Waals surface area (Å²) in [7, 11) is 3.38. The molecule has 1 aromatic rings. The second-order valence-corrected chi connectivity index (χ2v) is 6.12. The van der Waals surface area contributed by atoms with Crippen molar-refractivity contribution < 1.29 is 14.6 Å². The second-order valence-electron chi connectivity index (χ2n) is 6.12. The number of aryl methyl sites for hydroxylation is 1. The summed E-state index contributed by atoms with van der Waals surface area (Å²) < 4.78 is 10.8. The lowest BCUT2D eigenvalue weighted by molar-refractivity contribution is 0.0443. The fraction of sp³-hybridized carbons (Fsp3) is 0.667. The molecule has 124 valence electrons. The largest absolute Gasteiger partial charge is 0.497 e. The lowest BCUT2D eigenvalue weighted by Crippen LogP contribution is -2.45. The maximum Gasteiger partial charge on any atom is 0.122 e. The van der Waals surface area contributed by atoms with Gasteiger partial charge in [0.05, 0.1) is 20.3 Å². The molecule has 22 heavy (non-hydrogen) atoms. The highest BCUT2D eigenvalue weighted by atomic mass is 16.5. The van der Waals surface area contributed by atoms with E-state index in [0.29, 0.717) is 0 Å². The number of aliphatic hydroxyl groups is 1. The highest BCUT2D eigenvalue weighted by molar-refractivity contribution is 5.40. The minimum atomic E-state index is -0.310. The van der Waals surface area contributed by atoms with E-state index >= 15 is 0 Å². The third-order valence-corrected chi connectivity index (χ3v) is 4.61. The number of nitrogens with zero attached hydrogens (tertiary/aromatic N) is 1. The van der Waals surface area contributed by atoms with E-state index in [-0.39, 0.29) is 12.1 Å². The molecular formula is C18H29NO3. The van der Waals surface area contributed by atoms with Crippen LogP contribution >= 0.6 is 0 Å². The molecule has 1 aliphatic heterocycles. The molecule has 0 aromatic heterocycles. The van der Waals surface area contributed by atoms with Crippen LogP contribution in [0.4, 0.5) is 0 Å². The Morgan fingerprint density at radius 1 is 1.14 bits per heavy atom. The second kappa shape index (κ2) is 8.39. The molecular weight excluding hydrogens is 278 g/mol. The monoisotopic (exact) mass is 307 g/mol. The number of aliphatic hydroxyl groups excluding tert-OH is 1. The van der Waals surface area contributed by atoms with Gasteiger partial charge < -0.3 is 14.6 Å². The Morgan fingerprint density at radius 3 is 2.45 bits per heavy atom. The van der Waals surface area contributed by atoms with Crippen molar-refractivity contribution in [2.24, 2.45) is 0 Å². The zero-order valence-electron chi connectivity index (χ0n) is 14.0. The van der Waals surface area contributed by atoms with E-state index in [9.17, 15) is 5.11 Å². The topological polar surface area (TPSA) is 41.9 Å². The Hall–Kier alpha value is -1.26. The van der Waals surface area contributed by atoms with E-state index < -0.39 is 0 Å². The summed E-state index contributed by atoms with van der Waals surface area (Å²) >= 11 is 0. The number of likely N-dealkylation sites (tertiary alicyclic amines) is 1. The molecule has 0 spiro atoms. The lowest BCUT2D eigenvalue weighted by atomic mass is 9.97. The molecule has 1 aromatic carbocycles. The van der Waals surface area contributed by atoms with Crippen molar-refractivity contribution in [2.45, 2.75) is 51.2 Å². The van der Waals surface area contributed by atoms with Crippen LogP contribution in [0.25, 0.3) is 0 Å². The van der Waals surface area contributed by atoms with E-state index in [0.717, 1.165) is 43.0 Å². The van der Waals surface area contributed by atoms with Gasteiger partial charge in [-0.15, -0.1) is 0 Å². The Kier molecular flexibility index (Phi) is 6.52. The molecule has 0 radical (unpaired) electrons. The molecule has 1 heterocycles. The summed E-state index contributed by atoms with van der Waals surface area (Å²) in [5.41, 5.74) is 1.14. The van der Waals surface area contributed by atoms with Crippen molar-refractivity contribution in [3.05, 3.63) is 23.8 Å². The van der Waals surface area contributed by atoms with Crippen LogP contribution in [-0.4, -0.2) is 49.5 Å². The van der Waals surface area contributed by atoms with Crippen LogP contribution in [0.5, 0.6) is 11.5 Å². The normalized spacial score (nSPS) is 18.7. The molecule has 2 rings (SSSR count). The number of hydrogen-bond acceptors (Lipinski definition) is 4. The number of methoxy groups -OCH3 is 2. The number of hydrogen-bond donors (Lipinski definition) is 1. The first-order chi connectivity index (χ1) is 10.7. The van der Waals surface area contributed by atoms with Gasteiger partial charge in [-0.1, -0.05) is 6.42 Å². The minimum Gasteiger partial charge on any atom is -0.497 e. The van der Waals surface area contributed by atoms with Gasteiger partial charge >= 0.3 is 0 Å². The van der Waals surface area contributed by atoms with Gasteiger partial charge in [0, 0.05) is 6.04 Å². The smallest absolute Gasteiger partial charge is 0.122 e. The van der Waals surface area contributed by atoms with Gasteiger partial charge in [0.25, 0.3) is 0 Å². The maximum absolute atomic E-state index is 10.2. The van der Waals surface area contributed by atoms with Crippen molar-refractivity contribution in [3.8, 4) is 11.5 Å². The highest BCUT2D eigenvalue weighted by Crippen LogP contribution is 2.27. The molecule has 0 saturated carbocycles. The highest BCUT2D eigenvalue weighted by Gasteiger charge is 2.24. The number of rotatable bonds is 7. The van der Waals surface area contributed by atoms with Crippen LogP contribution in [0.2, 0.25) is 0 Å². The number of benzene rings is 1. The van der Waals surface area contributed by atoms with Crippen LogP contribution in [0.15, 0.2) is 18.2 Å². The fourth-order valence-corrected chi connectivity index (χ4v) is 3.36. The van der Waals surface area contributed by atoms with Gasteiger partial charge in [-0.25, -0.2) is 0 Å². The minimum absolute atomic E-state index is 0.219. The van der Waals surface area contributed by atoms with Crippen molar-refractivity contribution in [1.82, 2.24) is 4.90 Å². The van der Waals surface area contributed by atoms with Crippen molar-refractivity contribution in [2.75, 3.05) is 27.3 Å². The van der Waals surface area contributed by atoms with Crippen LogP contribution in [0.1, 0.15) is 38.2 Å². The average Bonchev–Trinajstić information content (AvgIpc) is 2.55. The van der Waals surface area contributed by atoms with Gasteiger partial charge in [0.15, 0.2) is 0 Å². The molecule has 1 aliphatic rings. The molecule has 1 fully saturated rings. The van der Waals surface area contributed by atoms with E-state index in [2.05, 4.69) is 4.90 Å². The zero-order chi connectivity index (χ0) is 15.9. The van der Waals surface area contributed by atoms with E-state index in [4.69, 9.17) is 9.47 Å². The molecule has 4 heteroatoms. The summed E-state index contributed by atoms with van der Waals surface area (Å²) in [5, 5.41) is 10.2. The Labute approximate surface area is 134 Å². The zero-order valence-corrected chi connectivity index (χ0v) is 14.0. The third-order valence-electron chi connectivity index (χ3n) is 4.61. The quantitative estimate of drug-likeness (QED) is 0.841. The molecule has 1 N–H and O–H groups in total. The van der Waals surface area contributed by atoms with Crippen LogP contribution in [0.3, 0.4) is 0 Å². The summed E-state index contributed by atoms with van der Waals surface area (Å²) in [6.07, 6.45) is 5.30. The summed E-state index contributed by atoms with van der Waals surface area (Å²) in [6, 6.07) is 6.12. The van der Waals surface area contributed by atoms with E-state index in [1.54, 1.807) is 14.2 Å². The Bertz CT molecular complexity index is 456. The van der Waals surface area contributed by atoms with E-state index in [1.807, 2.05) is 25.1 Å². The Balaban J connectivity index is 2.05. The molecule has 1 saturated heterocycles. The maximum atomic E-state index is 10.2. The van der Waals surface area contributed by atoms with Crippen molar-refractivity contribution in [3.63, 3.8) is 0 Å². The van der Waals surface area contributed by atoms with Gasteiger partial charge in [-0.2, -0.15) is 0 Å². The molecule has 2 atom stereocenters. The third kappa shape index (κ3) is 4.37. The first-order valence-corrected chi connectivity index (χ1v) is 8.28. The molecule has 0 bridgehead atoms. The van der Waals surface area contributed by atoms with Crippen molar-refractivity contribution in [1.29, 1.82) is 0 Å². The lowest BCUT2D eigenvalue weighted by Gasteiger charge is -2.36. The number of piperidine rings is 1. The van der Waals surface area contributed by atoms with Gasteiger partial charge in [0.1, 0.15) is 11.5 Å². The number of ether oxygens (including phenoxy) is 2. The fourth-order valence-electron chi connectivity index (χ4n) is 3.36. The van der Waals surface area contributed by atoms with Crippen LogP contribution in [0, 0.1) is 0 Å². The summed E-state index contributed by atoms with van der Waals surface area (Å²) in [5.74, 6) is 1.74.